The van der Waals surface area contributed by atoms with Crippen LogP contribution in [-0.2, 0) is 21.2 Å². The second kappa shape index (κ2) is 11.5. The standard InChI is InChI=1S/C28H30N2O5S/c1-35-26-16-15-23(36(33,34)30-18-8-3-9-19-30)20-22(26)14-17-27(31)29-25-13-7-6-12-24(25)28(32)21-10-4-2-5-11-21/h2,4-7,10-13,15-16,20H,3,8-9,14,17-19H2,1H3,(H,29,31). The molecule has 4 rings (SSSR count). The third-order valence-electron chi connectivity index (χ3n) is 6.31. The van der Waals surface area contributed by atoms with E-state index in [9.17, 15) is 18.0 Å². The fraction of sp³-hybridized carbons (Fsp3) is 0.286. The highest BCUT2D eigenvalue weighted by Crippen LogP contribution is 2.27. The summed E-state index contributed by atoms with van der Waals surface area (Å²) in [7, 11) is -2.08. The van der Waals surface area contributed by atoms with Gasteiger partial charge in [0.15, 0.2) is 5.78 Å². The number of ether oxygens (including phenoxy) is 1. The Morgan fingerprint density at radius 3 is 2.33 bits per heavy atom. The number of ketones is 1. The number of benzene rings is 3. The maximum Gasteiger partial charge on any atom is 0.243 e. The van der Waals surface area contributed by atoms with E-state index in [2.05, 4.69) is 5.32 Å². The van der Waals surface area contributed by atoms with Gasteiger partial charge in [-0.1, -0.05) is 48.9 Å². The highest BCUT2D eigenvalue weighted by Gasteiger charge is 2.26. The summed E-state index contributed by atoms with van der Waals surface area (Å²) in [6, 6.07) is 20.6. The van der Waals surface area contributed by atoms with Crippen LogP contribution in [0.5, 0.6) is 5.75 Å². The van der Waals surface area contributed by atoms with E-state index in [4.69, 9.17) is 4.74 Å². The predicted molar refractivity (Wildman–Crippen MR) is 139 cm³/mol. The molecule has 3 aromatic rings. The maximum absolute atomic E-state index is 13.1. The Morgan fingerprint density at radius 2 is 1.61 bits per heavy atom. The van der Waals surface area contributed by atoms with Gasteiger partial charge in [0.2, 0.25) is 15.9 Å². The van der Waals surface area contributed by atoms with E-state index in [1.807, 2.05) is 6.07 Å². The van der Waals surface area contributed by atoms with Crippen molar-refractivity contribution in [1.82, 2.24) is 4.31 Å². The molecule has 7 nitrogen and oxygen atoms in total. The number of aryl methyl sites for hydroxylation is 1. The molecule has 8 heteroatoms. The van der Waals surface area contributed by atoms with Crippen molar-refractivity contribution in [3.05, 3.63) is 89.5 Å². The molecular weight excluding hydrogens is 476 g/mol. The second-order valence-corrected chi connectivity index (χ2v) is 10.7. The molecule has 1 N–H and O–H groups in total. The van der Waals surface area contributed by atoms with Gasteiger partial charge in [0.1, 0.15) is 5.75 Å². The first-order valence-electron chi connectivity index (χ1n) is 12.1. The number of methoxy groups -OCH3 is 1. The Morgan fingerprint density at radius 1 is 0.917 bits per heavy atom. The molecule has 0 spiro atoms. The van der Waals surface area contributed by atoms with Gasteiger partial charge < -0.3 is 10.1 Å². The summed E-state index contributed by atoms with van der Waals surface area (Å²) in [5.41, 5.74) is 2.02. The normalized spacial score (nSPS) is 14.2. The van der Waals surface area contributed by atoms with Gasteiger partial charge in [-0.25, -0.2) is 8.42 Å². The van der Waals surface area contributed by atoms with E-state index in [1.165, 1.54) is 11.4 Å². The van der Waals surface area contributed by atoms with E-state index in [0.29, 0.717) is 41.2 Å². The zero-order valence-corrected chi connectivity index (χ0v) is 21.1. The van der Waals surface area contributed by atoms with Crippen LogP contribution >= 0.6 is 0 Å². The Balaban J connectivity index is 1.48. The number of anilines is 1. The SMILES string of the molecule is COc1ccc(S(=O)(=O)N2CCCCC2)cc1CCC(=O)Nc1ccccc1C(=O)c1ccccc1. The van der Waals surface area contributed by atoms with Crippen LogP contribution in [0.15, 0.2) is 77.7 Å². The number of para-hydroxylation sites is 1. The first kappa shape index (κ1) is 25.6. The third-order valence-corrected chi connectivity index (χ3v) is 8.20. The first-order chi connectivity index (χ1) is 17.4. The monoisotopic (exact) mass is 506 g/mol. The topological polar surface area (TPSA) is 92.8 Å². The molecule has 0 unspecified atom stereocenters. The molecule has 1 aliphatic heterocycles. The number of sulfonamides is 1. The number of amides is 1. The lowest BCUT2D eigenvalue weighted by molar-refractivity contribution is -0.116. The highest BCUT2D eigenvalue weighted by molar-refractivity contribution is 7.89. The van der Waals surface area contributed by atoms with E-state index >= 15 is 0 Å². The van der Waals surface area contributed by atoms with E-state index < -0.39 is 10.0 Å². The summed E-state index contributed by atoms with van der Waals surface area (Å²) in [5, 5.41) is 2.84. The number of carbonyl (C=O) groups is 2. The van der Waals surface area contributed by atoms with Crippen molar-refractivity contribution in [2.45, 2.75) is 37.0 Å². The number of hydrogen-bond acceptors (Lipinski definition) is 5. The summed E-state index contributed by atoms with van der Waals surface area (Å²) in [6.07, 6.45) is 3.13. The molecule has 0 aliphatic carbocycles. The molecular formula is C28H30N2O5S. The zero-order valence-electron chi connectivity index (χ0n) is 20.3. The maximum atomic E-state index is 13.1. The molecule has 0 atom stereocenters. The van der Waals surface area contributed by atoms with Crippen molar-refractivity contribution >= 4 is 27.4 Å². The molecule has 0 bridgehead atoms. The lowest BCUT2D eigenvalue weighted by Gasteiger charge is -2.26. The molecule has 1 saturated heterocycles. The van der Waals surface area contributed by atoms with Gasteiger partial charge in [-0.15, -0.1) is 0 Å². The predicted octanol–water partition coefficient (Wildman–Crippen LogP) is 4.67. The van der Waals surface area contributed by atoms with E-state index in [1.54, 1.807) is 66.7 Å². The van der Waals surface area contributed by atoms with Crippen LogP contribution < -0.4 is 10.1 Å². The van der Waals surface area contributed by atoms with Gasteiger partial charge in [-0.3, -0.25) is 9.59 Å². The van der Waals surface area contributed by atoms with Crippen LogP contribution in [-0.4, -0.2) is 44.6 Å². The van der Waals surface area contributed by atoms with Gasteiger partial charge in [-0.05, 0) is 55.2 Å². The summed E-state index contributed by atoms with van der Waals surface area (Å²) in [4.78, 5) is 26.0. The summed E-state index contributed by atoms with van der Waals surface area (Å²) in [5.74, 6) is 0.0681. The number of nitrogens with one attached hydrogen (secondary N) is 1. The number of hydrogen-bond donors (Lipinski definition) is 1. The molecule has 3 aromatic carbocycles. The quantitative estimate of drug-likeness (QED) is 0.426. The Kier molecular flexibility index (Phi) is 8.18. The molecule has 1 amide bonds. The highest BCUT2D eigenvalue weighted by atomic mass is 32.2. The number of rotatable bonds is 9. The molecule has 36 heavy (non-hydrogen) atoms. The largest absolute Gasteiger partial charge is 0.496 e. The Labute approximate surface area is 212 Å². The Bertz CT molecular complexity index is 1330. The fourth-order valence-electron chi connectivity index (χ4n) is 4.36. The van der Waals surface area contributed by atoms with E-state index in [0.717, 1.165) is 19.3 Å². The molecule has 188 valence electrons. The molecule has 1 aliphatic rings. The fourth-order valence-corrected chi connectivity index (χ4v) is 5.93. The van der Waals surface area contributed by atoms with Crippen molar-refractivity contribution in [2.24, 2.45) is 0 Å². The average Bonchev–Trinajstić information content (AvgIpc) is 2.92. The van der Waals surface area contributed by atoms with Gasteiger partial charge in [-0.2, -0.15) is 4.31 Å². The van der Waals surface area contributed by atoms with Crippen LogP contribution in [0.4, 0.5) is 5.69 Å². The summed E-state index contributed by atoms with van der Waals surface area (Å²) < 4.78 is 33.2. The van der Waals surface area contributed by atoms with Crippen molar-refractivity contribution in [3.63, 3.8) is 0 Å². The number of nitrogens with zero attached hydrogens (tertiary/aromatic N) is 1. The van der Waals surface area contributed by atoms with Crippen molar-refractivity contribution in [2.75, 3.05) is 25.5 Å². The minimum atomic E-state index is -3.60. The zero-order chi connectivity index (χ0) is 25.5. The third kappa shape index (κ3) is 5.83. The van der Waals surface area contributed by atoms with Crippen LogP contribution in [0.25, 0.3) is 0 Å². The summed E-state index contributed by atoms with van der Waals surface area (Å²) in [6.45, 7) is 1.04. The van der Waals surface area contributed by atoms with Crippen LogP contribution in [0.2, 0.25) is 0 Å². The number of piperidine rings is 1. The number of carbonyl (C=O) groups excluding carboxylic acids is 2. The Hall–Kier alpha value is -3.49. The van der Waals surface area contributed by atoms with Gasteiger partial charge >= 0.3 is 0 Å². The average molecular weight is 507 g/mol. The van der Waals surface area contributed by atoms with Gasteiger partial charge in [0.05, 0.1) is 17.7 Å². The van der Waals surface area contributed by atoms with Crippen LogP contribution in [0.3, 0.4) is 0 Å². The van der Waals surface area contributed by atoms with Gasteiger partial charge in [0.25, 0.3) is 0 Å². The van der Waals surface area contributed by atoms with Crippen molar-refractivity contribution in [3.8, 4) is 5.75 Å². The molecule has 0 saturated carbocycles. The van der Waals surface area contributed by atoms with E-state index in [-0.39, 0.29) is 29.4 Å². The molecule has 0 radical (unpaired) electrons. The first-order valence-corrected chi connectivity index (χ1v) is 13.5. The van der Waals surface area contributed by atoms with Gasteiger partial charge in [0, 0.05) is 30.6 Å². The molecule has 1 heterocycles. The minimum Gasteiger partial charge on any atom is -0.496 e. The molecule has 1 fully saturated rings. The summed E-state index contributed by atoms with van der Waals surface area (Å²) >= 11 is 0. The van der Waals surface area contributed by atoms with Crippen molar-refractivity contribution < 1.29 is 22.7 Å². The lowest BCUT2D eigenvalue weighted by atomic mass is 10.0. The van der Waals surface area contributed by atoms with Crippen molar-refractivity contribution in [1.29, 1.82) is 0 Å². The lowest BCUT2D eigenvalue weighted by Crippen LogP contribution is -2.35. The smallest absolute Gasteiger partial charge is 0.243 e. The second-order valence-electron chi connectivity index (χ2n) is 8.73. The van der Waals surface area contributed by atoms with Crippen LogP contribution in [0, 0.1) is 0 Å². The molecule has 0 aromatic heterocycles. The minimum absolute atomic E-state index is 0.0947. The van der Waals surface area contributed by atoms with Crippen LogP contribution in [0.1, 0.15) is 47.2 Å².